The minimum atomic E-state index is 0.0414. The number of rotatable bonds is 5. The van der Waals surface area contributed by atoms with Gasteiger partial charge in [-0.2, -0.15) is 0 Å². The summed E-state index contributed by atoms with van der Waals surface area (Å²) < 4.78 is 7.36. The molecule has 0 radical (unpaired) electrons. The maximum atomic E-state index is 5.83. The molecule has 0 aliphatic rings. The number of anilines is 1. The Labute approximate surface area is 124 Å². The number of hydrogen-bond acceptors (Lipinski definition) is 8. The highest BCUT2D eigenvalue weighted by Gasteiger charge is 2.10. The van der Waals surface area contributed by atoms with Crippen LogP contribution in [-0.4, -0.2) is 27.5 Å². The second-order valence-corrected chi connectivity index (χ2v) is 7.15. The molecule has 0 amide bonds. The predicted molar refractivity (Wildman–Crippen MR) is 80.2 cm³/mol. The van der Waals surface area contributed by atoms with E-state index in [1.54, 1.807) is 29.2 Å². The molecule has 2 N–H and O–H groups in total. The molecule has 2 rings (SSSR count). The first-order valence-corrected chi connectivity index (χ1v) is 8.42. The zero-order chi connectivity index (χ0) is 13.8. The van der Waals surface area contributed by atoms with E-state index in [-0.39, 0.29) is 6.10 Å². The molecule has 0 fully saturated rings. The number of aromatic nitrogens is 3. The van der Waals surface area contributed by atoms with Crippen LogP contribution in [0.5, 0.6) is 5.88 Å². The molecule has 2 heterocycles. The van der Waals surface area contributed by atoms with Crippen molar-refractivity contribution >= 4 is 40.5 Å². The van der Waals surface area contributed by atoms with Gasteiger partial charge in [0.25, 0.3) is 0 Å². The first-order chi connectivity index (χ1) is 9.08. The van der Waals surface area contributed by atoms with Gasteiger partial charge in [-0.25, -0.2) is 4.98 Å². The van der Waals surface area contributed by atoms with Gasteiger partial charge in [-0.05, 0) is 44.0 Å². The topological polar surface area (TPSA) is 73.9 Å². The largest absolute Gasteiger partial charge is 0.473 e. The summed E-state index contributed by atoms with van der Waals surface area (Å²) in [5.74, 6) is 0.467. The van der Waals surface area contributed by atoms with Crippen molar-refractivity contribution in [3.8, 4) is 5.88 Å². The van der Waals surface area contributed by atoms with Crippen LogP contribution in [0.15, 0.2) is 25.8 Å². The van der Waals surface area contributed by atoms with Crippen LogP contribution in [0, 0.1) is 0 Å². The normalized spacial score (nSPS) is 10.9. The molecule has 0 saturated carbocycles. The molecular weight excluding hydrogens is 300 g/mol. The minimum absolute atomic E-state index is 0.0414. The number of ether oxygens (including phenoxy) is 1. The van der Waals surface area contributed by atoms with Gasteiger partial charge in [0.05, 0.1) is 11.8 Å². The van der Waals surface area contributed by atoms with Crippen LogP contribution >= 0.6 is 34.9 Å². The Morgan fingerprint density at radius 2 is 2.00 bits per heavy atom. The Hall–Kier alpha value is -0.990. The number of nitrogens with zero attached hydrogens (tertiary/aromatic N) is 3. The highest BCUT2D eigenvalue weighted by Crippen LogP contribution is 2.33. The van der Waals surface area contributed by atoms with Gasteiger partial charge in [-0.15, -0.1) is 10.2 Å². The molecule has 0 aromatic carbocycles. The second-order valence-electron chi connectivity index (χ2n) is 3.85. The lowest BCUT2D eigenvalue weighted by molar-refractivity contribution is 0.232. The summed E-state index contributed by atoms with van der Waals surface area (Å²) in [4.78, 5) is 4.39. The smallest absolute Gasteiger partial charge is 0.238 e. The molecule has 8 heteroatoms. The van der Waals surface area contributed by atoms with E-state index < -0.39 is 0 Å². The van der Waals surface area contributed by atoms with Gasteiger partial charge in [0.2, 0.25) is 5.88 Å². The number of pyridine rings is 1. The van der Waals surface area contributed by atoms with Crippen LogP contribution in [0.4, 0.5) is 5.69 Å². The zero-order valence-electron chi connectivity index (χ0n) is 10.8. The maximum Gasteiger partial charge on any atom is 0.238 e. The van der Waals surface area contributed by atoms with Gasteiger partial charge in [0.1, 0.15) is 5.03 Å². The fourth-order valence-electron chi connectivity index (χ4n) is 1.22. The van der Waals surface area contributed by atoms with E-state index in [9.17, 15) is 0 Å². The van der Waals surface area contributed by atoms with Crippen molar-refractivity contribution in [2.24, 2.45) is 0 Å². The molecule has 102 valence electrons. The van der Waals surface area contributed by atoms with Crippen molar-refractivity contribution < 1.29 is 4.74 Å². The Morgan fingerprint density at radius 3 is 2.63 bits per heavy atom. The van der Waals surface area contributed by atoms with E-state index in [2.05, 4.69) is 15.2 Å². The molecule has 0 bridgehead atoms. The Kier molecular flexibility index (Phi) is 4.89. The quantitative estimate of drug-likeness (QED) is 0.850. The first kappa shape index (κ1) is 14.4. The summed E-state index contributed by atoms with van der Waals surface area (Å²) in [5, 5.41) is 8.94. The van der Waals surface area contributed by atoms with Gasteiger partial charge in [-0.1, -0.05) is 23.1 Å². The first-order valence-electron chi connectivity index (χ1n) is 5.57. The SMILES string of the molecule is CSc1nnc(Sc2ccc(N)c(OC(C)C)n2)s1. The van der Waals surface area contributed by atoms with E-state index in [0.717, 1.165) is 13.7 Å². The summed E-state index contributed by atoms with van der Waals surface area (Å²) >= 11 is 4.58. The number of hydrogen-bond donors (Lipinski definition) is 1. The van der Waals surface area contributed by atoms with Crippen molar-refractivity contribution in [2.75, 3.05) is 12.0 Å². The van der Waals surface area contributed by atoms with Crippen LogP contribution in [0.25, 0.3) is 0 Å². The highest BCUT2D eigenvalue weighted by atomic mass is 32.2. The Bertz CT molecular complexity index is 559. The van der Waals surface area contributed by atoms with E-state index >= 15 is 0 Å². The summed E-state index contributed by atoms with van der Waals surface area (Å²) in [6.45, 7) is 3.88. The van der Waals surface area contributed by atoms with Gasteiger partial charge in [-0.3, -0.25) is 0 Å². The van der Waals surface area contributed by atoms with Gasteiger partial charge >= 0.3 is 0 Å². The van der Waals surface area contributed by atoms with Gasteiger partial charge in [0.15, 0.2) is 8.68 Å². The number of nitrogen functional groups attached to an aromatic ring is 1. The third-order valence-electron chi connectivity index (χ3n) is 1.97. The van der Waals surface area contributed by atoms with Gasteiger partial charge in [0, 0.05) is 0 Å². The lowest BCUT2D eigenvalue weighted by Crippen LogP contribution is -2.09. The van der Waals surface area contributed by atoms with Crippen molar-refractivity contribution in [1.29, 1.82) is 0 Å². The summed E-state index contributed by atoms with van der Waals surface area (Å²) in [7, 11) is 0. The molecule has 0 unspecified atom stereocenters. The second kappa shape index (κ2) is 6.44. The molecular formula is C11H14N4OS3. The molecule has 2 aromatic rings. The minimum Gasteiger partial charge on any atom is -0.473 e. The van der Waals surface area contributed by atoms with Crippen molar-refractivity contribution in [3.05, 3.63) is 12.1 Å². The van der Waals surface area contributed by atoms with Crippen LogP contribution in [-0.2, 0) is 0 Å². The third-order valence-corrected chi connectivity index (χ3v) is 4.85. The lowest BCUT2D eigenvalue weighted by atomic mass is 10.4. The third kappa shape index (κ3) is 3.99. The molecule has 0 aliphatic carbocycles. The molecule has 0 spiro atoms. The fourth-order valence-corrected chi connectivity index (χ4v) is 3.57. The van der Waals surface area contributed by atoms with Crippen molar-refractivity contribution in [3.63, 3.8) is 0 Å². The zero-order valence-corrected chi connectivity index (χ0v) is 13.2. The molecule has 0 aliphatic heterocycles. The average molecular weight is 314 g/mol. The molecule has 0 saturated heterocycles. The molecule has 0 atom stereocenters. The Morgan fingerprint density at radius 1 is 1.26 bits per heavy atom. The summed E-state index contributed by atoms with van der Waals surface area (Å²) in [5.41, 5.74) is 6.37. The summed E-state index contributed by atoms with van der Waals surface area (Å²) in [6, 6.07) is 3.65. The number of nitrogens with two attached hydrogens (primary N) is 1. The monoisotopic (exact) mass is 314 g/mol. The van der Waals surface area contributed by atoms with E-state index in [1.807, 2.05) is 26.2 Å². The average Bonchev–Trinajstić information content (AvgIpc) is 2.80. The van der Waals surface area contributed by atoms with Crippen LogP contribution in [0.2, 0.25) is 0 Å². The van der Waals surface area contributed by atoms with Crippen molar-refractivity contribution in [1.82, 2.24) is 15.2 Å². The van der Waals surface area contributed by atoms with E-state index in [4.69, 9.17) is 10.5 Å². The van der Waals surface area contributed by atoms with Crippen molar-refractivity contribution in [2.45, 2.75) is 33.7 Å². The van der Waals surface area contributed by atoms with Crippen LogP contribution in [0.3, 0.4) is 0 Å². The van der Waals surface area contributed by atoms with Crippen LogP contribution < -0.4 is 10.5 Å². The fraction of sp³-hybridized carbons (Fsp3) is 0.364. The molecule has 2 aromatic heterocycles. The van der Waals surface area contributed by atoms with Gasteiger partial charge < -0.3 is 10.5 Å². The van der Waals surface area contributed by atoms with Crippen LogP contribution in [0.1, 0.15) is 13.8 Å². The number of thioether (sulfide) groups is 1. The Balaban J connectivity index is 2.16. The standard InChI is InChI=1S/C11H14N4OS3/c1-6(2)16-9-7(12)4-5-8(13-9)18-11-15-14-10(17-3)19-11/h4-6H,12H2,1-3H3. The summed E-state index contributed by atoms with van der Waals surface area (Å²) in [6.07, 6.45) is 2.02. The maximum absolute atomic E-state index is 5.83. The molecule has 19 heavy (non-hydrogen) atoms. The highest BCUT2D eigenvalue weighted by molar-refractivity contribution is 8.02. The van der Waals surface area contributed by atoms with E-state index in [1.165, 1.54) is 11.8 Å². The van der Waals surface area contributed by atoms with E-state index in [0.29, 0.717) is 11.6 Å². The predicted octanol–water partition coefficient (Wildman–Crippen LogP) is 3.18. The molecule has 5 nitrogen and oxygen atoms in total. The lowest BCUT2D eigenvalue weighted by Gasteiger charge is -2.11.